The molecule has 3 aromatic rings. The molecule has 3 amide bonds. The summed E-state index contributed by atoms with van der Waals surface area (Å²) >= 11 is 0. The number of esters is 1. The van der Waals surface area contributed by atoms with E-state index in [0.717, 1.165) is 42.6 Å². The molecule has 2 heterocycles. The first-order chi connectivity index (χ1) is 27.4. The maximum Gasteiger partial charge on any atom is 0.329 e. The van der Waals surface area contributed by atoms with Gasteiger partial charge < -0.3 is 20.1 Å². The number of hydrogen-bond donors (Lipinski definition) is 2. The van der Waals surface area contributed by atoms with E-state index >= 15 is 0 Å². The maximum absolute atomic E-state index is 14.2. The van der Waals surface area contributed by atoms with Crippen LogP contribution >= 0.6 is 0 Å². The van der Waals surface area contributed by atoms with Crippen molar-refractivity contribution in [3.63, 3.8) is 0 Å². The van der Waals surface area contributed by atoms with E-state index in [9.17, 15) is 27.6 Å². The molecule has 3 aromatic carbocycles. The Bertz CT molecular complexity index is 1950. The molecule has 1 unspecified atom stereocenters. The van der Waals surface area contributed by atoms with Crippen LogP contribution in [0.1, 0.15) is 74.1 Å². The van der Waals surface area contributed by atoms with Gasteiger partial charge in [-0.05, 0) is 36.8 Å². The lowest BCUT2D eigenvalue weighted by molar-refractivity contribution is -0.150. The lowest BCUT2D eigenvalue weighted by Crippen LogP contribution is -2.53. The standard InChI is InChI=1S/C44H56N4O8S/c1-33(49)48-39(32-34-13-5-3-6-14-34)40(50)46-44(48,36-15-7-4-8-16-36)37-19-17-35(18-20-37)31-38(41(51)56-29-26-47-24-27-55-28-25-47)45-42(52)43(21-9-10-22-43)23-11-12-30-57(2,53)54/h3-8,13-20,38-39H,9-12,21-32H2,1-2H3,(H,45,52)(H,46,50)/t38-,39+,44?/m0/s1. The Morgan fingerprint density at radius 3 is 2.16 bits per heavy atom. The van der Waals surface area contributed by atoms with Crippen molar-refractivity contribution in [2.24, 2.45) is 5.41 Å². The highest BCUT2D eigenvalue weighted by atomic mass is 32.2. The van der Waals surface area contributed by atoms with Crippen molar-refractivity contribution in [2.45, 2.75) is 82.5 Å². The minimum Gasteiger partial charge on any atom is -0.463 e. The van der Waals surface area contributed by atoms with Crippen molar-refractivity contribution < 1.29 is 37.1 Å². The predicted octanol–water partition coefficient (Wildman–Crippen LogP) is 4.16. The molecule has 1 saturated carbocycles. The van der Waals surface area contributed by atoms with E-state index in [0.29, 0.717) is 63.8 Å². The van der Waals surface area contributed by atoms with Crippen molar-refractivity contribution in [1.82, 2.24) is 20.4 Å². The second-order valence-corrected chi connectivity index (χ2v) is 18.0. The Kier molecular flexibility index (Phi) is 13.8. The number of sulfone groups is 1. The van der Waals surface area contributed by atoms with Crippen LogP contribution in [0.3, 0.4) is 0 Å². The van der Waals surface area contributed by atoms with Gasteiger partial charge in [-0.25, -0.2) is 13.2 Å². The molecule has 3 atom stereocenters. The van der Waals surface area contributed by atoms with Crippen LogP contribution in [-0.2, 0) is 57.0 Å². The van der Waals surface area contributed by atoms with Gasteiger partial charge in [-0.2, -0.15) is 0 Å². The van der Waals surface area contributed by atoms with Crippen LogP contribution in [0.15, 0.2) is 84.9 Å². The van der Waals surface area contributed by atoms with Gasteiger partial charge in [0.1, 0.15) is 28.5 Å². The molecule has 2 N–H and O–H groups in total. The molecule has 2 aliphatic heterocycles. The molecule has 0 radical (unpaired) electrons. The van der Waals surface area contributed by atoms with Crippen LogP contribution in [-0.4, -0.2) is 105 Å². The van der Waals surface area contributed by atoms with Crippen molar-refractivity contribution >= 4 is 33.5 Å². The highest BCUT2D eigenvalue weighted by Crippen LogP contribution is 2.43. The molecule has 3 fully saturated rings. The Balaban J connectivity index is 1.25. The van der Waals surface area contributed by atoms with Gasteiger partial charge in [0, 0.05) is 68.0 Å². The second kappa shape index (κ2) is 18.8. The van der Waals surface area contributed by atoms with E-state index in [1.165, 1.54) is 13.2 Å². The first-order valence-electron chi connectivity index (χ1n) is 20.2. The zero-order valence-electron chi connectivity index (χ0n) is 33.1. The molecule has 0 aromatic heterocycles. The summed E-state index contributed by atoms with van der Waals surface area (Å²) in [6, 6.07) is 24.8. The number of nitrogens with zero attached hydrogens (tertiary/aromatic N) is 2. The van der Waals surface area contributed by atoms with Gasteiger partial charge in [-0.15, -0.1) is 0 Å². The van der Waals surface area contributed by atoms with Crippen molar-refractivity contribution in [2.75, 3.05) is 51.5 Å². The molecule has 6 rings (SSSR count). The molecule has 2 saturated heterocycles. The summed E-state index contributed by atoms with van der Waals surface area (Å²) in [6.07, 6.45) is 6.47. The summed E-state index contributed by atoms with van der Waals surface area (Å²) in [7, 11) is -3.11. The van der Waals surface area contributed by atoms with E-state index in [2.05, 4.69) is 15.5 Å². The molecular formula is C44H56N4O8S. The third-order valence-corrected chi connectivity index (χ3v) is 12.7. The number of nitrogens with one attached hydrogen (secondary N) is 2. The first kappa shape index (κ1) is 42.0. The monoisotopic (exact) mass is 800 g/mol. The largest absolute Gasteiger partial charge is 0.463 e. The fourth-order valence-corrected chi connectivity index (χ4v) is 9.44. The summed E-state index contributed by atoms with van der Waals surface area (Å²) in [6.45, 7) is 4.97. The summed E-state index contributed by atoms with van der Waals surface area (Å²) in [4.78, 5) is 59.3. The van der Waals surface area contributed by atoms with Crippen molar-refractivity contribution in [3.8, 4) is 0 Å². The minimum absolute atomic E-state index is 0.0753. The van der Waals surface area contributed by atoms with Crippen LogP contribution in [0.5, 0.6) is 0 Å². The Morgan fingerprint density at radius 1 is 0.895 bits per heavy atom. The highest BCUT2D eigenvalue weighted by Gasteiger charge is 2.54. The van der Waals surface area contributed by atoms with Gasteiger partial charge in [0.05, 0.1) is 13.2 Å². The van der Waals surface area contributed by atoms with Gasteiger partial charge in [-0.1, -0.05) is 104 Å². The third kappa shape index (κ3) is 10.3. The molecule has 0 spiro atoms. The Morgan fingerprint density at radius 2 is 1.53 bits per heavy atom. The zero-order chi connectivity index (χ0) is 40.5. The summed E-state index contributed by atoms with van der Waals surface area (Å²) in [5.74, 6) is -1.18. The number of hydrogen-bond acceptors (Lipinski definition) is 9. The van der Waals surface area contributed by atoms with Crippen molar-refractivity contribution in [3.05, 3.63) is 107 Å². The molecule has 1 aliphatic carbocycles. The Hall–Kier alpha value is -4.59. The fourth-order valence-electron chi connectivity index (χ4n) is 8.71. The fraction of sp³-hybridized carbons (Fsp3) is 0.500. The van der Waals surface area contributed by atoms with Crippen LogP contribution in [0.2, 0.25) is 0 Å². The normalized spacial score (nSPS) is 21.5. The number of carbonyl (C=O) groups is 4. The second-order valence-electron chi connectivity index (χ2n) is 15.8. The third-order valence-electron chi connectivity index (χ3n) is 11.7. The van der Waals surface area contributed by atoms with Gasteiger partial charge in [-0.3, -0.25) is 24.2 Å². The van der Waals surface area contributed by atoms with E-state index in [-0.39, 0.29) is 36.5 Å². The molecule has 57 heavy (non-hydrogen) atoms. The number of morpholine rings is 1. The zero-order valence-corrected chi connectivity index (χ0v) is 33.9. The number of ether oxygens (including phenoxy) is 2. The van der Waals surface area contributed by atoms with Gasteiger partial charge in [0.2, 0.25) is 17.7 Å². The van der Waals surface area contributed by atoms with Crippen LogP contribution < -0.4 is 10.6 Å². The molecule has 12 nitrogen and oxygen atoms in total. The quantitative estimate of drug-likeness (QED) is 0.152. The van der Waals surface area contributed by atoms with Gasteiger partial charge in [0.15, 0.2) is 5.66 Å². The topological polar surface area (TPSA) is 151 Å². The smallest absolute Gasteiger partial charge is 0.329 e. The van der Waals surface area contributed by atoms with E-state index < -0.39 is 39.0 Å². The van der Waals surface area contributed by atoms with Crippen LogP contribution in [0.25, 0.3) is 0 Å². The number of rotatable bonds is 17. The first-order valence-corrected chi connectivity index (χ1v) is 22.2. The minimum atomic E-state index is -3.11. The summed E-state index contributed by atoms with van der Waals surface area (Å²) in [5, 5.41) is 6.29. The Labute approximate surface area is 336 Å². The van der Waals surface area contributed by atoms with Crippen LogP contribution in [0.4, 0.5) is 0 Å². The number of unbranched alkanes of at least 4 members (excludes halogenated alkanes) is 1. The molecule has 13 heteroatoms. The lowest BCUT2D eigenvalue weighted by Gasteiger charge is -2.40. The average molecular weight is 801 g/mol. The lowest BCUT2D eigenvalue weighted by atomic mass is 9.80. The molecule has 306 valence electrons. The number of carbonyl (C=O) groups excluding carboxylic acids is 4. The maximum atomic E-state index is 14.2. The van der Waals surface area contributed by atoms with Gasteiger partial charge >= 0.3 is 5.97 Å². The van der Waals surface area contributed by atoms with Crippen molar-refractivity contribution in [1.29, 1.82) is 0 Å². The highest BCUT2D eigenvalue weighted by molar-refractivity contribution is 7.90. The molecule has 0 bridgehead atoms. The SMILES string of the molecule is CC(=O)N1[C@H](Cc2ccccc2)C(=O)NC1(c1ccccc1)c1ccc(C[C@H](NC(=O)C2(CCCCS(C)(=O)=O)CCCC2)C(=O)OCCN2CCOCC2)cc1. The van der Waals surface area contributed by atoms with E-state index in [1.807, 2.05) is 84.9 Å². The predicted molar refractivity (Wildman–Crippen MR) is 217 cm³/mol. The van der Waals surface area contributed by atoms with Crippen LogP contribution in [0, 0.1) is 5.41 Å². The average Bonchev–Trinajstić information content (AvgIpc) is 3.81. The number of amides is 3. The molecular weight excluding hydrogens is 745 g/mol. The molecule has 3 aliphatic rings. The summed E-state index contributed by atoms with van der Waals surface area (Å²) < 4.78 is 34.8. The number of benzene rings is 3. The van der Waals surface area contributed by atoms with E-state index in [4.69, 9.17) is 9.47 Å². The van der Waals surface area contributed by atoms with Gasteiger partial charge in [0.25, 0.3) is 0 Å². The summed E-state index contributed by atoms with van der Waals surface area (Å²) in [5.41, 5.74) is 1.11. The van der Waals surface area contributed by atoms with E-state index in [1.54, 1.807) is 4.90 Å².